The molecule has 20 heavy (non-hydrogen) atoms. The van der Waals surface area contributed by atoms with Crippen LogP contribution in [0.5, 0.6) is 5.75 Å². The summed E-state index contributed by atoms with van der Waals surface area (Å²) < 4.78 is 7.66. The van der Waals surface area contributed by atoms with Gasteiger partial charge in [0.25, 0.3) is 0 Å². The van der Waals surface area contributed by atoms with Crippen molar-refractivity contribution in [3.05, 3.63) is 50.7 Å². The van der Waals surface area contributed by atoms with E-state index in [0.717, 1.165) is 26.0 Å². The summed E-state index contributed by atoms with van der Waals surface area (Å²) in [6, 6.07) is 7.86. The summed E-state index contributed by atoms with van der Waals surface area (Å²) in [7, 11) is 0. The number of rotatable bonds is 6. The van der Waals surface area contributed by atoms with Crippen LogP contribution in [-0.2, 0) is 13.1 Å². The Morgan fingerprint density at radius 1 is 1.25 bits per heavy atom. The molecule has 0 bridgehead atoms. The number of benzene rings is 1. The van der Waals surface area contributed by atoms with Crippen molar-refractivity contribution in [1.82, 2.24) is 15.5 Å². The summed E-state index contributed by atoms with van der Waals surface area (Å²) >= 11 is 7.03. The highest BCUT2D eigenvalue weighted by Gasteiger charge is 2.09. The van der Waals surface area contributed by atoms with Crippen LogP contribution in [0.15, 0.2) is 39.4 Å². The lowest BCUT2D eigenvalue weighted by atomic mass is 10.2. The van der Waals surface area contributed by atoms with Crippen molar-refractivity contribution < 1.29 is 4.74 Å². The van der Waals surface area contributed by atoms with Crippen LogP contribution in [0.3, 0.4) is 0 Å². The highest BCUT2D eigenvalue weighted by molar-refractivity contribution is 9.11. The maximum Gasteiger partial charge on any atom is 0.138 e. The Morgan fingerprint density at radius 3 is 2.80 bits per heavy atom. The molecule has 4 nitrogen and oxygen atoms in total. The van der Waals surface area contributed by atoms with Crippen molar-refractivity contribution in [3.8, 4) is 5.75 Å². The van der Waals surface area contributed by atoms with Crippen LogP contribution in [0.25, 0.3) is 0 Å². The second-order valence-electron chi connectivity index (χ2n) is 4.13. The number of aromatic nitrogens is 2. The van der Waals surface area contributed by atoms with Gasteiger partial charge in [0, 0.05) is 29.3 Å². The van der Waals surface area contributed by atoms with Gasteiger partial charge in [0.2, 0.25) is 0 Å². The van der Waals surface area contributed by atoms with Crippen LogP contribution in [0.1, 0.15) is 18.2 Å². The van der Waals surface area contributed by atoms with Crippen LogP contribution < -0.4 is 10.1 Å². The van der Waals surface area contributed by atoms with Gasteiger partial charge in [0.1, 0.15) is 5.75 Å². The lowest BCUT2D eigenvalue weighted by Gasteiger charge is -2.13. The molecule has 0 amide bonds. The number of hydrogen-bond acceptors (Lipinski definition) is 4. The van der Waals surface area contributed by atoms with Crippen molar-refractivity contribution in [1.29, 1.82) is 0 Å². The van der Waals surface area contributed by atoms with Gasteiger partial charge in [-0.25, -0.2) is 0 Å². The van der Waals surface area contributed by atoms with Crippen LogP contribution in [0, 0.1) is 0 Å². The molecule has 0 saturated heterocycles. The zero-order valence-corrected chi connectivity index (χ0v) is 14.2. The lowest BCUT2D eigenvalue weighted by Crippen LogP contribution is -2.15. The summed E-state index contributed by atoms with van der Waals surface area (Å²) in [5, 5.41) is 11.2. The SMILES string of the molecule is CCOc1c(Br)cc(Br)cc1CNCc1cccnn1. The second-order valence-corrected chi connectivity index (χ2v) is 5.90. The van der Waals surface area contributed by atoms with Gasteiger partial charge in [0.15, 0.2) is 0 Å². The second kappa shape index (κ2) is 7.71. The van der Waals surface area contributed by atoms with E-state index in [4.69, 9.17) is 4.74 Å². The van der Waals surface area contributed by atoms with Crippen LogP contribution >= 0.6 is 31.9 Å². The highest BCUT2D eigenvalue weighted by Crippen LogP contribution is 2.32. The Kier molecular flexibility index (Phi) is 5.94. The van der Waals surface area contributed by atoms with Gasteiger partial charge in [-0.1, -0.05) is 15.9 Å². The first-order chi connectivity index (χ1) is 9.70. The third-order valence-electron chi connectivity index (χ3n) is 2.62. The fourth-order valence-corrected chi connectivity index (χ4v) is 3.23. The van der Waals surface area contributed by atoms with E-state index >= 15 is 0 Å². The average molecular weight is 401 g/mol. The predicted octanol–water partition coefficient (Wildman–Crippen LogP) is 3.69. The van der Waals surface area contributed by atoms with E-state index in [-0.39, 0.29) is 0 Å². The quantitative estimate of drug-likeness (QED) is 0.803. The standard InChI is InChI=1S/C14H15Br2N3O/c1-2-20-14-10(6-11(15)7-13(14)16)8-17-9-12-4-3-5-18-19-12/h3-7,17H,2,8-9H2,1H3. The molecule has 0 aliphatic heterocycles. The minimum atomic E-state index is 0.636. The maximum absolute atomic E-state index is 5.69. The molecule has 1 aromatic carbocycles. The van der Waals surface area contributed by atoms with Gasteiger partial charge >= 0.3 is 0 Å². The first kappa shape index (κ1) is 15.4. The number of nitrogens with one attached hydrogen (secondary N) is 1. The Balaban J connectivity index is 2.05. The molecule has 0 fully saturated rings. The topological polar surface area (TPSA) is 47.0 Å². The van der Waals surface area contributed by atoms with Crippen molar-refractivity contribution in [3.63, 3.8) is 0 Å². The maximum atomic E-state index is 5.69. The molecule has 0 spiro atoms. The first-order valence-electron chi connectivity index (χ1n) is 6.28. The van der Waals surface area contributed by atoms with Gasteiger partial charge in [-0.05, 0) is 47.1 Å². The summed E-state index contributed by atoms with van der Waals surface area (Å²) in [6.45, 7) is 3.98. The molecule has 1 heterocycles. The number of nitrogens with zero attached hydrogens (tertiary/aromatic N) is 2. The molecule has 0 aliphatic rings. The van der Waals surface area contributed by atoms with Crippen molar-refractivity contribution in [2.24, 2.45) is 0 Å². The number of halogens is 2. The zero-order chi connectivity index (χ0) is 14.4. The van der Waals surface area contributed by atoms with Crippen molar-refractivity contribution in [2.75, 3.05) is 6.61 Å². The lowest BCUT2D eigenvalue weighted by molar-refractivity contribution is 0.333. The van der Waals surface area contributed by atoms with E-state index in [2.05, 4.69) is 53.4 Å². The monoisotopic (exact) mass is 399 g/mol. The minimum absolute atomic E-state index is 0.636. The van der Waals surface area contributed by atoms with Gasteiger partial charge in [-0.15, -0.1) is 0 Å². The van der Waals surface area contributed by atoms with Crippen molar-refractivity contribution >= 4 is 31.9 Å². The summed E-state index contributed by atoms with van der Waals surface area (Å²) in [6.07, 6.45) is 1.67. The fraction of sp³-hybridized carbons (Fsp3) is 0.286. The molecule has 1 aromatic heterocycles. The smallest absolute Gasteiger partial charge is 0.138 e. The van der Waals surface area contributed by atoms with E-state index < -0.39 is 0 Å². The van der Waals surface area contributed by atoms with Gasteiger partial charge in [-0.2, -0.15) is 10.2 Å². The third-order valence-corrected chi connectivity index (χ3v) is 3.67. The third kappa shape index (κ3) is 4.26. The van der Waals surface area contributed by atoms with Crippen LogP contribution in [0.2, 0.25) is 0 Å². The van der Waals surface area contributed by atoms with Crippen LogP contribution in [0.4, 0.5) is 0 Å². The molecule has 2 rings (SSSR count). The van der Waals surface area contributed by atoms with E-state index in [0.29, 0.717) is 19.7 Å². The van der Waals surface area contributed by atoms with Crippen molar-refractivity contribution in [2.45, 2.75) is 20.0 Å². The summed E-state index contributed by atoms with van der Waals surface area (Å²) in [4.78, 5) is 0. The first-order valence-corrected chi connectivity index (χ1v) is 7.87. The molecule has 0 unspecified atom stereocenters. The summed E-state index contributed by atoms with van der Waals surface area (Å²) in [5.41, 5.74) is 2.01. The van der Waals surface area contributed by atoms with E-state index in [9.17, 15) is 0 Å². The molecule has 0 atom stereocenters. The normalized spacial score (nSPS) is 10.6. The molecular formula is C14H15Br2N3O. The summed E-state index contributed by atoms with van der Waals surface area (Å²) in [5.74, 6) is 0.877. The Labute approximate surface area is 135 Å². The Morgan fingerprint density at radius 2 is 2.10 bits per heavy atom. The largest absolute Gasteiger partial charge is 0.492 e. The van der Waals surface area contributed by atoms with E-state index in [1.54, 1.807) is 6.20 Å². The number of hydrogen-bond donors (Lipinski definition) is 1. The molecule has 1 N–H and O–H groups in total. The highest BCUT2D eigenvalue weighted by atomic mass is 79.9. The molecule has 0 aliphatic carbocycles. The van der Waals surface area contributed by atoms with Gasteiger partial charge in [0.05, 0.1) is 16.8 Å². The molecule has 0 saturated carbocycles. The molecular weight excluding hydrogens is 386 g/mol. The predicted molar refractivity (Wildman–Crippen MR) is 85.6 cm³/mol. The molecule has 6 heteroatoms. The Bertz CT molecular complexity index is 564. The molecule has 106 valence electrons. The van der Waals surface area contributed by atoms with E-state index in [1.165, 1.54) is 0 Å². The van der Waals surface area contributed by atoms with E-state index in [1.807, 2.05) is 25.1 Å². The van der Waals surface area contributed by atoms with Crippen LogP contribution in [-0.4, -0.2) is 16.8 Å². The number of ether oxygens (including phenoxy) is 1. The Hall–Kier alpha value is -0.980. The van der Waals surface area contributed by atoms with Gasteiger partial charge < -0.3 is 10.1 Å². The van der Waals surface area contributed by atoms with Gasteiger partial charge in [-0.3, -0.25) is 0 Å². The average Bonchev–Trinajstić information content (AvgIpc) is 2.43. The minimum Gasteiger partial charge on any atom is -0.492 e. The fourth-order valence-electron chi connectivity index (χ4n) is 1.80. The zero-order valence-electron chi connectivity index (χ0n) is 11.1. The molecule has 0 radical (unpaired) electrons. The molecule has 2 aromatic rings.